The summed E-state index contributed by atoms with van der Waals surface area (Å²) in [4.78, 5) is 16.8. The third kappa shape index (κ3) is 3.72. The van der Waals surface area contributed by atoms with Gasteiger partial charge in [-0.2, -0.15) is 0 Å². The molecule has 0 unspecified atom stereocenters. The molecule has 0 radical (unpaired) electrons. The summed E-state index contributed by atoms with van der Waals surface area (Å²) in [6.07, 6.45) is 1.52. The lowest BCUT2D eigenvalue weighted by atomic mass is 9.97. The lowest BCUT2D eigenvalue weighted by Crippen LogP contribution is -2.58. The molecule has 0 bridgehead atoms. The summed E-state index contributed by atoms with van der Waals surface area (Å²) in [5.41, 5.74) is 1.68. The highest BCUT2D eigenvalue weighted by Gasteiger charge is 2.34. The Hall–Kier alpha value is -1.48. The number of amides is 1. The van der Waals surface area contributed by atoms with Gasteiger partial charge in [0.05, 0.1) is 11.0 Å². The van der Waals surface area contributed by atoms with Gasteiger partial charge in [0.2, 0.25) is 10.0 Å². The number of likely N-dealkylation sites (tertiary alicyclic amines) is 2. The Bertz CT molecular complexity index is 779. The van der Waals surface area contributed by atoms with Crippen molar-refractivity contribution in [3.63, 3.8) is 0 Å². The molecule has 8 heteroatoms. The maximum absolute atomic E-state index is 12.8. The van der Waals surface area contributed by atoms with Crippen molar-refractivity contribution in [3.8, 4) is 0 Å². The summed E-state index contributed by atoms with van der Waals surface area (Å²) >= 11 is 0. The summed E-state index contributed by atoms with van der Waals surface area (Å²) in [5.74, 6) is -0.157. The molecule has 0 saturated carbocycles. The van der Waals surface area contributed by atoms with Crippen LogP contribution in [0.2, 0.25) is 0 Å². The van der Waals surface area contributed by atoms with E-state index in [1.807, 2.05) is 0 Å². The van der Waals surface area contributed by atoms with Crippen LogP contribution in [0.1, 0.15) is 34.3 Å². The van der Waals surface area contributed by atoms with Crippen molar-refractivity contribution in [1.29, 1.82) is 0 Å². The molecule has 0 atom stereocenters. The van der Waals surface area contributed by atoms with Crippen LogP contribution in [-0.2, 0) is 10.0 Å². The molecule has 2 aliphatic heterocycles. The molecule has 1 aromatic rings. The molecule has 1 aromatic carbocycles. The summed E-state index contributed by atoms with van der Waals surface area (Å²) in [6, 6.07) is 3.52. The molecule has 2 fully saturated rings. The highest BCUT2D eigenvalue weighted by atomic mass is 32.2. The van der Waals surface area contributed by atoms with E-state index in [4.69, 9.17) is 5.14 Å². The van der Waals surface area contributed by atoms with Crippen molar-refractivity contribution in [2.45, 2.75) is 43.7 Å². The number of aliphatic hydroxyl groups is 1. The zero-order chi connectivity index (χ0) is 18.4. The van der Waals surface area contributed by atoms with Gasteiger partial charge in [-0.1, -0.05) is 0 Å². The lowest BCUT2D eigenvalue weighted by Gasteiger charge is -2.45. The van der Waals surface area contributed by atoms with E-state index in [0.717, 1.165) is 18.4 Å². The zero-order valence-corrected chi connectivity index (χ0v) is 15.4. The largest absolute Gasteiger partial charge is 0.390 e. The molecule has 3 N–H and O–H groups in total. The molecule has 2 saturated heterocycles. The number of nitrogens with zero attached hydrogens (tertiary/aromatic N) is 2. The Morgan fingerprint density at radius 2 is 1.80 bits per heavy atom. The normalized spacial score (nSPS) is 20.6. The average molecular weight is 367 g/mol. The molecule has 3 rings (SSSR count). The number of sulfonamides is 1. The Morgan fingerprint density at radius 1 is 1.20 bits per heavy atom. The number of primary sulfonamides is 1. The number of aliphatic hydroxyl groups excluding tert-OH is 1. The van der Waals surface area contributed by atoms with Crippen LogP contribution in [-0.4, -0.2) is 67.6 Å². The van der Waals surface area contributed by atoms with Crippen molar-refractivity contribution in [2.75, 3.05) is 26.2 Å². The SMILES string of the molecule is Cc1cc(C(=O)N2CCC(N3CC(O)C3)CC2)cc(S(N)(=O)=O)c1C. The summed E-state index contributed by atoms with van der Waals surface area (Å²) in [6.45, 7) is 6.17. The van der Waals surface area contributed by atoms with Crippen LogP contribution in [0, 0.1) is 13.8 Å². The monoisotopic (exact) mass is 367 g/mol. The predicted molar refractivity (Wildman–Crippen MR) is 93.8 cm³/mol. The first-order valence-corrected chi connectivity index (χ1v) is 10.1. The summed E-state index contributed by atoms with van der Waals surface area (Å²) in [5, 5.41) is 14.7. The first-order chi connectivity index (χ1) is 11.7. The maximum atomic E-state index is 12.8. The molecule has 0 spiro atoms. The maximum Gasteiger partial charge on any atom is 0.253 e. The molecular weight excluding hydrogens is 342 g/mol. The molecule has 2 aliphatic rings. The van der Waals surface area contributed by atoms with E-state index < -0.39 is 10.0 Å². The standard InChI is InChI=1S/C17H25N3O4S/c1-11-7-13(8-16(12(11)2)25(18,23)24)17(22)19-5-3-14(4-6-19)20-9-15(21)10-20/h7-8,14-15,21H,3-6,9-10H2,1-2H3,(H2,18,23,24). The fourth-order valence-corrected chi connectivity index (χ4v) is 4.53. The number of rotatable bonds is 3. The van der Waals surface area contributed by atoms with Gasteiger partial charge in [-0.25, -0.2) is 13.6 Å². The smallest absolute Gasteiger partial charge is 0.253 e. The highest BCUT2D eigenvalue weighted by molar-refractivity contribution is 7.89. The van der Waals surface area contributed by atoms with Crippen LogP contribution < -0.4 is 5.14 Å². The molecule has 1 amide bonds. The fourth-order valence-electron chi connectivity index (χ4n) is 3.65. The van der Waals surface area contributed by atoms with E-state index in [2.05, 4.69) is 4.90 Å². The quantitative estimate of drug-likeness (QED) is 0.796. The van der Waals surface area contributed by atoms with Crippen LogP contribution in [0.25, 0.3) is 0 Å². The summed E-state index contributed by atoms with van der Waals surface area (Å²) in [7, 11) is -3.86. The summed E-state index contributed by atoms with van der Waals surface area (Å²) < 4.78 is 23.5. The minimum atomic E-state index is -3.86. The topological polar surface area (TPSA) is 104 Å². The van der Waals surface area contributed by atoms with Gasteiger partial charge < -0.3 is 10.0 Å². The third-order valence-corrected chi connectivity index (χ3v) is 6.37. The zero-order valence-electron chi connectivity index (χ0n) is 14.6. The van der Waals surface area contributed by atoms with E-state index in [1.54, 1.807) is 24.8 Å². The van der Waals surface area contributed by atoms with Crippen LogP contribution in [0.3, 0.4) is 0 Å². The van der Waals surface area contributed by atoms with Crippen molar-refractivity contribution < 1.29 is 18.3 Å². The van der Waals surface area contributed by atoms with Gasteiger partial charge in [-0.05, 0) is 49.9 Å². The van der Waals surface area contributed by atoms with E-state index in [-0.39, 0.29) is 16.9 Å². The van der Waals surface area contributed by atoms with Crippen molar-refractivity contribution >= 4 is 15.9 Å². The van der Waals surface area contributed by atoms with Crippen LogP contribution in [0.4, 0.5) is 0 Å². The third-order valence-electron chi connectivity index (χ3n) is 5.33. The van der Waals surface area contributed by atoms with Crippen molar-refractivity contribution in [2.24, 2.45) is 5.14 Å². The second-order valence-corrected chi connectivity index (χ2v) is 8.62. The molecule has 0 aromatic heterocycles. The molecular formula is C17H25N3O4S. The van der Waals surface area contributed by atoms with Crippen LogP contribution >= 0.6 is 0 Å². The van der Waals surface area contributed by atoms with Gasteiger partial charge in [0.1, 0.15) is 0 Å². The Balaban J connectivity index is 1.73. The number of aryl methyl sites for hydroxylation is 1. The average Bonchev–Trinajstić information content (AvgIpc) is 2.53. The van der Waals surface area contributed by atoms with E-state index in [1.165, 1.54) is 6.07 Å². The number of benzene rings is 1. The van der Waals surface area contributed by atoms with Crippen molar-refractivity contribution in [1.82, 2.24) is 9.80 Å². The molecule has 2 heterocycles. The number of β-amino-alcohol motifs (C(OH)–C–C–N with tert-alkyl or cyclic N) is 1. The number of nitrogens with two attached hydrogens (primary N) is 1. The Morgan fingerprint density at radius 3 is 2.32 bits per heavy atom. The van der Waals surface area contributed by atoms with E-state index >= 15 is 0 Å². The number of piperidine rings is 1. The minimum Gasteiger partial charge on any atom is -0.390 e. The van der Waals surface area contributed by atoms with Gasteiger partial charge >= 0.3 is 0 Å². The first-order valence-electron chi connectivity index (χ1n) is 8.52. The van der Waals surface area contributed by atoms with Gasteiger partial charge in [0, 0.05) is 37.8 Å². The second kappa shape index (κ2) is 6.68. The number of hydrogen-bond acceptors (Lipinski definition) is 5. The molecule has 7 nitrogen and oxygen atoms in total. The predicted octanol–water partition coefficient (Wildman–Crippen LogP) is 0.232. The minimum absolute atomic E-state index is 0.0142. The van der Waals surface area contributed by atoms with Gasteiger partial charge in [0.25, 0.3) is 5.91 Å². The van der Waals surface area contributed by atoms with E-state index in [0.29, 0.717) is 43.3 Å². The van der Waals surface area contributed by atoms with Crippen LogP contribution in [0.15, 0.2) is 17.0 Å². The molecule has 138 valence electrons. The van der Waals surface area contributed by atoms with Gasteiger partial charge in [0.15, 0.2) is 0 Å². The lowest BCUT2D eigenvalue weighted by molar-refractivity contribution is -0.0381. The second-order valence-electron chi connectivity index (χ2n) is 7.09. The van der Waals surface area contributed by atoms with Gasteiger partial charge in [-0.15, -0.1) is 0 Å². The fraction of sp³-hybridized carbons (Fsp3) is 0.588. The first kappa shape index (κ1) is 18.3. The number of carbonyl (C=O) groups excluding carboxylic acids is 1. The molecule has 0 aliphatic carbocycles. The van der Waals surface area contributed by atoms with Gasteiger partial charge in [-0.3, -0.25) is 9.69 Å². The molecule has 25 heavy (non-hydrogen) atoms. The number of carbonyl (C=O) groups is 1. The van der Waals surface area contributed by atoms with Crippen LogP contribution in [0.5, 0.6) is 0 Å². The number of hydrogen-bond donors (Lipinski definition) is 2. The highest BCUT2D eigenvalue weighted by Crippen LogP contribution is 2.25. The van der Waals surface area contributed by atoms with Crippen molar-refractivity contribution in [3.05, 3.63) is 28.8 Å². The Kier molecular flexibility index (Phi) is 4.89. The van der Waals surface area contributed by atoms with E-state index in [9.17, 15) is 18.3 Å². The Labute approximate surface area is 148 Å².